The van der Waals surface area contributed by atoms with Crippen molar-refractivity contribution in [3.63, 3.8) is 0 Å². The summed E-state index contributed by atoms with van der Waals surface area (Å²) in [6.07, 6.45) is 17.1. The SMILES string of the molecule is C=CC1(n2c(C)cc3c(C4=CC=C(C)C=CC4)c(CC(C)=O)c(C)c(NC)c32)CCCC1. The molecule has 0 saturated heterocycles. The van der Waals surface area contributed by atoms with E-state index in [4.69, 9.17) is 0 Å². The highest BCUT2D eigenvalue weighted by atomic mass is 16.1. The molecule has 1 heterocycles. The molecule has 0 unspecified atom stereocenters. The van der Waals surface area contributed by atoms with Crippen LogP contribution in [0.25, 0.3) is 16.5 Å². The van der Waals surface area contributed by atoms with Gasteiger partial charge in [0, 0.05) is 24.5 Å². The number of anilines is 1. The third-order valence-electron chi connectivity index (χ3n) is 7.38. The minimum atomic E-state index is -0.0442. The topological polar surface area (TPSA) is 34.0 Å². The molecule has 0 radical (unpaired) electrons. The van der Waals surface area contributed by atoms with Crippen molar-refractivity contribution < 1.29 is 4.79 Å². The molecule has 3 heteroatoms. The molecule has 4 rings (SSSR count). The van der Waals surface area contributed by atoms with Gasteiger partial charge in [-0.1, -0.05) is 48.8 Å². The van der Waals surface area contributed by atoms with Crippen molar-refractivity contribution in [1.29, 1.82) is 0 Å². The summed E-state index contributed by atoms with van der Waals surface area (Å²) in [5.41, 5.74) is 9.70. The molecule has 0 bridgehead atoms. The number of nitrogens with one attached hydrogen (secondary N) is 1. The molecule has 1 fully saturated rings. The van der Waals surface area contributed by atoms with Crippen molar-refractivity contribution in [2.45, 2.75) is 71.8 Å². The molecule has 2 aliphatic rings. The van der Waals surface area contributed by atoms with Gasteiger partial charge in [0.05, 0.1) is 16.7 Å². The molecule has 2 aromatic rings. The van der Waals surface area contributed by atoms with Gasteiger partial charge in [-0.25, -0.2) is 0 Å². The van der Waals surface area contributed by atoms with Gasteiger partial charge in [-0.05, 0) is 75.3 Å². The van der Waals surface area contributed by atoms with Crippen LogP contribution >= 0.6 is 0 Å². The number of carbonyl (C=O) groups is 1. The fourth-order valence-electron chi connectivity index (χ4n) is 5.89. The summed E-state index contributed by atoms with van der Waals surface area (Å²) < 4.78 is 2.54. The zero-order valence-corrected chi connectivity index (χ0v) is 20.3. The number of fused-ring (bicyclic) bond motifs is 1. The zero-order valence-electron chi connectivity index (χ0n) is 20.3. The van der Waals surface area contributed by atoms with Crippen molar-refractivity contribution in [2.24, 2.45) is 0 Å². The van der Waals surface area contributed by atoms with Crippen LogP contribution in [0.15, 0.2) is 48.6 Å². The van der Waals surface area contributed by atoms with Gasteiger partial charge in [-0.3, -0.25) is 4.79 Å². The van der Waals surface area contributed by atoms with E-state index in [9.17, 15) is 4.79 Å². The molecule has 0 spiro atoms. The number of hydrogen-bond donors (Lipinski definition) is 1. The maximum Gasteiger partial charge on any atom is 0.134 e. The highest BCUT2D eigenvalue weighted by molar-refractivity contribution is 6.04. The van der Waals surface area contributed by atoms with Crippen molar-refractivity contribution in [3.8, 4) is 0 Å². The number of aryl methyl sites for hydroxylation is 1. The van der Waals surface area contributed by atoms with E-state index in [2.05, 4.69) is 73.7 Å². The molecule has 0 atom stereocenters. The quantitative estimate of drug-likeness (QED) is 0.495. The maximum absolute atomic E-state index is 12.4. The number of allylic oxidation sites excluding steroid dienone is 7. The number of nitrogens with zero attached hydrogens (tertiary/aromatic N) is 1. The first-order valence-electron chi connectivity index (χ1n) is 11.9. The van der Waals surface area contributed by atoms with Crippen LogP contribution in [0.3, 0.4) is 0 Å². The molecule has 1 N–H and O–H groups in total. The Balaban J connectivity index is 2.14. The second kappa shape index (κ2) is 8.61. The highest BCUT2D eigenvalue weighted by Gasteiger charge is 2.36. The Morgan fingerprint density at radius 3 is 2.56 bits per heavy atom. The lowest BCUT2D eigenvalue weighted by Crippen LogP contribution is -2.29. The lowest BCUT2D eigenvalue weighted by atomic mass is 9.86. The van der Waals surface area contributed by atoms with Crippen LogP contribution in [0.1, 0.15) is 68.3 Å². The van der Waals surface area contributed by atoms with Gasteiger partial charge in [0.1, 0.15) is 5.78 Å². The summed E-state index contributed by atoms with van der Waals surface area (Å²) >= 11 is 0. The number of aromatic nitrogens is 1. The number of ketones is 1. The van der Waals surface area contributed by atoms with Crippen molar-refractivity contribution in [1.82, 2.24) is 4.57 Å². The van der Waals surface area contributed by atoms with Crippen LogP contribution in [0.2, 0.25) is 0 Å². The van der Waals surface area contributed by atoms with Crippen molar-refractivity contribution in [2.75, 3.05) is 12.4 Å². The van der Waals surface area contributed by atoms with Crippen molar-refractivity contribution in [3.05, 3.63) is 71.0 Å². The van der Waals surface area contributed by atoms with Gasteiger partial charge in [-0.15, -0.1) is 6.58 Å². The molecular formula is C29H36N2O. The van der Waals surface area contributed by atoms with Gasteiger partial charge in [0.2, 0.25) is 0 Å². The Labute approximate surface area is 192 Å². The summed E-state index contributed by atoms with van der Waals surface area (Å²) in [5, 5.41) is 4.75. The van der Waals surface area contributed by atoms with Gasteiger partial charge in [-0.2, -0.15) is 0 Å². The fraction of sp³-hybridized carbons (Fsp3) is 0.414. The molecule has 1 saturated carbocycles. The van der Waals surface area contributed by atoms with Gasteiger partial charge in [0.15, 0.2) is 0 Å². The number of Topliss-reactive ketones (excluding diaryl/α,β-unsaturated/α-hetero) is 1. The highest BCUT2D eigenvalue weighted by Crippen LogP contribution is 2.47. The average Bonchev–Trinajstić information content (AvgIpc) is 3.29. The Morgan fingerprint density at radius 2 is 1.94 bits per heavy atom. The molecule has 1 aromatic heterocycles. The second-order valence-corrected chi connectivity index (χ2v) is 9.59. The fourth-order valence-corrected chi connectivity index (χ4v) is 5.89. The van der Waals surface area contributed by atoms with Crippen LogP contribution in [-0.4, -0.2) is 17.4 Å². The average molecular weight is 429 g/mol. The molecule has 1 aromatic carbocycles. The van der Waals surface area contributed by atoms with E-state index in [-0.39, 0.29) is 11.3 Å². The first kappa shape index (κ1) is 22.4. The Hall–Kier alpha value is -2.81. The zero-order chi connectivity index (χ0) is 23.0. The smallest absolute Gasteiger partial charge is 0.134 e. The Bertz CT molecular complexity index is 1180. The van der Waals surface area contributed by atoms with E-state index in [0.29, 0.717) is 6.42 Å². The first-order chi connectivity index (χ1) is 15.3. The van der Waals surface area contributed by atoms with E-state index in [1.54, 1.807) is 6.92 Å². The van der Waals surface area contributed by atoms with E-state index in [0.717, 1.165) is 30.5 Å². The summed E-state index contributed by atoms with van der Waals surface area (Å²) in [5.74, 6) is 0.196. The summed E-state index contributed by atoms with van der Waals surface area (Å²) in [7, 11) is 2.00. The molecule has 168 valence electrons. The monoisotopic (exact) mass is 428 g/mol. The van der Waals surface area contributed by atoms with E-state index >= 15 is 0 Å². The van der Waals surface area contributed by atoms with Crippen LogP contribution in [-0.2, 0) is 16.8 Å². The van der Waals surface area contributed by atoms with Gasteiger partial charge < -0.3 is 9.88 Å². The standard InChI is InChI=1S/C29H36N2O/c1-7-29(15-8-9-16-29)31-20(3)17-25-26(23-12-10-11-19(2)13-14-23)24(18-21(4)32)22(5)27(30-6)28(25)31/h7,10-11,13-14,17,30H,1,8-9,12,15-16,18H2,2-6H3. The van der Waals surface area contributed by atoms with Gasteiger partial charge >= 0.3 is 0 Å². The molecular weight excluding hydrogens is 392 g/mol. The van der Waals surface area contributed by atoms with E-state index < -0.39 is 0 Å². The third-order valence-corrected chi connectivity index (χ3v) is 7.38. The maximum atomic E-state index is 12.4. The van der Waals surface area contributed by atoms with Crippen molar-refractivity contribution >= 4 is 27.9 Å². The number of carbonyl (C=O) groups excluding carboxylic acids is 1. The minimum Gasteiger partial charge on any atom is -0.386 e. The Morgan fingerprint density at radius 1 is 1.22 bits per heavy atom. The molecule has 2 aliphatic carbocycles. The minimum absolute atomic E-state index is 0.0442. The van der Waals surface area contributed by atoms with E-state index in [1.165, 1.54) is 51.7 Å². The normalized spacial score (nSPS) is 17.8. The first-order valence-corrected chi connectivity index (χ1v) is 11.9. The largest absolute Gasteiger partial charge is 0.386 e. The summed E-state index contributed by atoms with van der Waals surface area (Å²) in [4.78, 5) is 12.4. The predicted molar refractivity (Wildman–Crippen MR) is 137 cm³/mol. The van der Waals surface area contributed by atoms with Crippen LogP contribution in [0.4, 0.5) is 5.69 Å². The third kappa shape index (κ3) is 3.58. The molecule has 0 aliphatic heterocycles. The van der Waals surface area contributed by atoms with Crippen LogP contribution in [0, 0.1) is 13.8 Å². The number of hydrogen-bond acceptors (Lipinski definition) is 2. The predicted octanol–water partition coefficient (Wildman–Crippen LogP) is 7.18. The summed E-state index contributed by atoms with van der Waals surface area (Å²) in [6, 6.07) is 2.34. The van der Waals surface area contributed by atoms with Gasteiger partial charge in [0.25, 0.3) is 0 Å². The second-order valence-electron chi connectivity index (χ2n) is 9.59. The lowest BCUT2D eigenvalue weighted by Gasteiger charge is -2.32. The van der Waals surface area contributed by atoms with E-state index in [1.807, 2.05) is 7.05 Å². The van der Waals surface area contributed by atoms with Crippen LogP contribution < -0.4 is 5.32 Å². The Kier molecular flexibility index (Phi) is 6.03. The molecule has 32 heavy (non-hydrogen) atoms. The molecule has 3 nitrogen and oxygen atoms in total. The molecule has 0 amide bonds. The number of rotatable bonds is 6. The lowest BCUT2D eigenvalue weighted by molar-refractivity contribution is -0.116. The van der Waals surface area contributed by atoms with Crippen LogP contribution in [0.5, 0.6) is 0 Å². The summed E-state index contributed by atoms with van der Waals surface area (Å²) in [6.45, 7) is 12.5. The number of benzene rings is 1.